The van der Waals surface area contributed by atoms with Crippen LogP contribution in [0.5, 0.6) is 0 Å². The maximum atomic E-state index is 12.4. The summed E-state index contributed by atoms with van der Waals surface area (Å²) in [7, 11) is 3.65. The Bertz CT molecular complexity index is 792. The Morgan fingerprint density at radius 2 is 1.60 bits per heavy atom. The van der Waals surface area contributed by atoms with E-state index in [9.17, 15) is 4.79 Å². The number of hydrogen-bond donors (Lipinski definition) is 1. The number of amides is 1. The molecule has 0 spiro atoms. The fourth-order valence-corrected chi connectivity index (χ4v) is 3.57. The molecular formula is C23H32IN5O. The van der Waals surface area contributed by atoms with Gasteiger partial charge < -0.3 is 20.0 Å². The number of halogens is 1. The number of anilines is 1. The second-order valence-electron chi connectivity index (χ2n) is 7.27. The van der Waals surface area contributed by atoms with Gasteiger partial charge in [0.1, 0.15) is 0 Å². The maximum absolute atomic E-state index is 12.4. The van der Waals surface area contributed by atoms with Crippen molar-refractivity contribution < 1.29 is 4.79 Å². The topological polar surface area (TPSA) is 51.2 Å². The van der Waals surface area contributed by atoms with Crippen molar-refractivity contribution in [3.8, 4) is 0 Å². The SMILES string of the molecule is CN=C(NCCC(=O)N(C)Cc1ccccc1)N1CCN(c2ccccc2)CC1.I. The van der Waals surface area contributed by atoms with E-state index in [1.54, 1.807) is 11.9 Å². The summed E-state index contributed by atoms with van der Waals surface area (Å²) >= 11 is 0. The van der Waals surface area contributed by atoms with Crippen LogP contribution >= 0.6 is 24.0 Å². The number of aliphatic imine (C=N–C) groups is 1. The first-order valence-electron chi connectivity index (χ1n) is 10.2. The van der Waals surface area contributed by atoms with Gasteiger partial charge in [-0.3, -0.25) is 9.79 Å². The lowest BCUT2D eigenvalue weighted by atomic mass is 10.2. The third kappa shape index (κ3) is 6.90. The van der Waals surface area contributed by atoms with E-state index in [1.165, 1.54) is 5.69 Å². The van der Waals surface area contributed by atoms with Gasteiger partial charge in [-0.25, -0.2) is 0 Å². The van der Waals surface area contributed by atoms with Crippen LogP contribution in [0.25, 0.3) is 0 Å². The van der Waals surface area contributed by atoms with E-state index in [4.69, 9.17) is 0 Å². The van der Waals surface area contributed by atoms with Gasteiger partial charge in [-0.2, -0.15) is 0 Å². The van der Waals surface area contributed by atoms with Crippen LogP contribution in [0.3, 0.4) is 0 Å². The molecule has 1 fully saturated rings. The van der Waals surface area contributed by atoms with Crippen molar-refractivity contribution in [1.82, 2.24) is 15.1 Å². The van der Waals surface area contributed by atoms with Gasteiger partial charge in [-0.1, -0.05) is 48.5 Å². The highest BCUT2D eigenvalue weighted by atomic mass is 127. The highest BCUT2D eigenvalue weighted by molar-refractivity contribution is 14.0. The van der Waals surface area contributed by atoms with Gasteiger partial charge in [0, 0.05) is 65.5 Å². The van der Waals surface area contributed by atoms with Crippen LogP contribution in [0, 0.1) is 0 Å². The van der Waals surface area contributed by atoms with Crippen LogP contribution in [0.4, 0.5) is 5.69 Å². The Morgan fingerprint density at radius 3 is 2.20 bits per heavy atom. The molecule has 1 aliphatic heterocycles. The van der Waals surface area contributed by atoms with Crippen molar-refractivity contribution >= 4 is 41.5 Å². The van der Waals surface area contributed by atoms with Crippen LogP contribution in [-0.4, -0.2) is 68.5 Å². The number of benzene rings is 2. The Hall–Kier alpha value is -2.29. The van der Waals surface area contributed by atoms with Crippen molar-refractivity contribution in [3.63, 3.8) is 0 Å². The number of hydrogen-bond acceptors (Lipinski definition) is 3. The van der Waals surface area contributed by atoms with Crippen molar-refractivity contribution in [3.05, 3.63) is 66.2 Å². The molecule has 0 bridgehead atoms. The van der Waals surface area contributed by atoms with E-state index in [0.717, 1.165) is 37.7 Å². The number of carbonyl (C=O) groups excluding carboxylic acids is 1. The van der Waals surface area contributed by atoms with Gasteiger partial charge in [-0.15, -0.1) is 24.0 Å². The van der Waals surface area contributed by atoms with E-state index >= 15 is 0 Å². The summed E-state index contributed by atoms with van der Waals surface area (Å²) in [5.74, 6) is 1.00. The molecule has 30 heavy (non-hydrogen) atoms. The predicted molar refractivity (Wildman–Crippen MR) is 135 cm³/mol. The Balaban J connectivity index is 0.00000320. The molecule has 2 aromatic rings. The third-order valence-electron chi connectivity index (χ3n) is 5.22. The fraction of sp³-hybridized carbons (Fsp3) is 0.391. The van der Waals surface area contributed by atoms with Gasteiger partial charge in [0.2, 0.25) is 5.91 Å². The number of rotatable bonds is 6. The van der Waals surface area contributed by atoms with Crippen molar-refractivity contribution in [2.24, 2.45) is 4.99 Å². The lowest BCUT2D eigenvalue weighted by molar-refractivity contribution is -0.130. The minimum Gasteiger partial charge on any atom is -0.368 e. The monoisotopic (exact) mass is 521 g/mol. The first-order chi connectivity index (χ1) is 14.2. The largest absolute Gasteiger partial charge is 0.368 e. The van der Waals surface area contributed by atoms with Crippen LogP contribution in [0.2, 0.25) is 0 Å². The highest BCUT2D eigenvalue weighted by Crippen LogP contribution is 2.15. The summed E-state index contributed by atoms with van der Waals surface area (Å²) in [6.45, 7) is 4.97. The van der Waals surface area contributed by atoms with Gasteiger partial charge in [0.05, 0.1) is 0 Å². The molecule has 1 aliphatic rings. The highest BCUT2D eigenvalue weighted by Gasteiger charge is 2.20. The molecule has 0 aromatic heterocycles. The molecule has 0 saturated carbocycles. The molecule has 7 heteroatoms. The van der Waals surface area contributed by atoms with E-state index in [2.05, 4.69) is 44.4 Å². The van der Waals surface area contributed by atoms with E-state index in [-0.39, 0.29) is 29.9 Å². The zero-order chi connectivity index (χ0) is 20.5. The zero-order valence-corrected chi connectivity index (χ0v) is 20.2. The standard InChI is InChI=1S/C23H31N5O.HI/c1-24-23(28-17-15-27(16-18-28)21-11-7-4-8-12-21)25-14-13-22(29)26(2)19-20-9-5-3-6-10-20;/h3-12H,13-19H2,1-2H3,(H,24,25);1H. The molecule has 1 N–H and O–H groups in total. The van der Waals surface area contributed by atoms with Gasteiger partial charge in [0.15, 0.2) is 5.96 Å². The predicted octanol–water partition coefficient (Wildman–Crippen LogP) is 3.05. The third-order valence-corrected chi connectivity index (χ3v) is 5.22. The summed E-state index contributed by atoms with van der Waals surface area (Å²) in [5, 5.41) is 3.35. The Morgan fingerprint density at radius 1 is 1.00 bits per heavy atom. The summed E-state index contributed by atoms with van der Waals surface area (Å²) in [4.78, 5) is 23.3. The second kappa shape index (κ2) is 12.4. The second-order valence-corrected chi connectivity index (χ2v) is 7.27. The number of guanidine groups is 1. The van der Waals surface area contributed by atoms with Crippen LogP contribution in [-0.2, 0) is 11.3 Å². The maximum Gasteiger partial charge on any atom is 0.224 e. The number of nitrogens with zero attached hydrogens (tertiary/aromatic N) is 4. The lowest BCUT2D eigenvalue weighted by Gasteiger charge is -2.37. The first-order valence-corrected chi connectivity index (χ1v) is 10.2. The molecule has 0 radical (unpaired) electrons. The van der Waals surface area contributed by atoms with E-state index in [1.807, 2.05) is 43.4 Å². The normalized spacial score (nSPS) is 14.1. The van der Waals surface area contributed by atoms with Crippen LogP contribution < -0.4 is 10.2 Å². The van der Waals surface area contributed by atoms with Crippen LogP contribution in [0.1, 0.15) is 12.0 Å². The molecule has 0 aliphatic carbocycles. The number of para-hydroxylation sites is 1. The first kappa shape index (κ1) is 24.0. The number of nitrogens with one attached hydrogen (secondary N) is 1. The molecule has 162 valence electrons. The molecule has 2 aromatic carbocycles. The molecule has 1 heterocycles. The average Bonchev–Trinajstić information content (AvgIpc) is 2.78. The van der Waals surface area contributed by atoms with Gasteiger partial charge >= 0.3 is 0 Å². The van der Waals surface area contributed by atoms with E-state index < -0.39 is 0 Å². The Labute approximate surface area is 197 Å². The van der Waals surface area contributed by atoms with Gasteiger partial charge in [0.25, 0.3) is 0 Å². The van der Waals surface area contributed by atoms with Crippen molar-refractivity contribution in [2.75, 3.05) is 51.7 Å². The molecule has 6 nitrogen and oxygen atoms in total. The zero-order valence-electron chi connectivity index (χ0n) is 17.8. The molecule has 3 rings (SSSR count). The quantitative estimate of drug-likeness (QED) is 0.361. The molecule has 0 unspecified atom stereocenters. The van der Waals surface area contributed by atoms with Gasteiger partial charge in [-0.05, 0) is 17.7 Å². The number of carbonyl (C=O) groups is 1. The molecule has 0 atom stereocenters. The summed E-state index contributed by atoms with van der Waals surface area (Å²) in [6, 6.07) is 20.6. The summed E-state index contributed by atoms with van der Waals surface area (Å²) in [5.41, 5.74) is 2.41. The molecule has 1 saturated heterocycles. The summed E-state index contributed by atoms with van der Waals surface area (Å²) in [6.07, 6.45) is 0.451. The molecule has 1 amide bonds. The fourth-order valence-electron chi connectivity index (χ4n) is 3.57. The minimum absolute atomic E-state index is 0. The van der Waals surface area contributed by atoms with Crippen LogP contribution in [0.15, 0.2) is 65.7 Å². The average molecular weight is 521 g/mol. The smallest absolute Gasteiger partial charge is 0.224 e. The lowest BCUT2D eigenvalue weighted by Crippen LogP contribution is -2.52. The number of piperazine rings is 1. The molecular weight excluding hydrogens is 489 g/mol. The van der Waals surface area contributed by atoms with Crippen molar-refractivity contribution in [2.45, 2.75) is 13.0 Å². The Kier molecular flexibility index (Phi) is 9.93. The summed E-state index contributed by atoms with van der Waals surface area (Å²) < 4.78 is 0. The van der Waals surface area contributed by atoms with Crippen molar-refractivity contribution in [1.29, 1.82) is 0 Å². The minimum atomic E-state index is 0. The van der Waals surface area contributed by atoms with E-state index in [0.29, 0.717) is 19.5 Å².